The van der Waals surface area contributed by atoms with E-state index < -0.39 is 11.9 Å². The topological polar surface area (TPSA) is 62.2 Å². The van der Waals surface area contributed by atoms with Gasteiger partial charge in [0.15, 0.2) is 5.79 Å². The number of β-amino-alcohol motifs (C(OH)–C–C–N with tert-alkyl or cyclic N) is 1. The fraction of sp³-hybridized carbons (Fsp3) is 0.538. The second kappa shape index (κ2) is 9.57. The maximum atomic E-state index is 13.5. The van der Waals surface area contributed by atoms with E-state index in [1.807, 2.05) is 18.2 Å². The van der Waals surface area contributed by atoms with Crippen molar-refractivity contribution in [2.75, 3.05) is 32.8 Å². The lowest BCUT2D eigenvalue weighted by Crippen LogP contribution is -2.46. The number of fused-ring (bicyclic) bond motifs is 1. The van der Waals surface area contributed by atoms with Crippen LogP contribution in [0.4, 0.5) is 4.39 Å². The van der Waals surface area contributed by atoms with Crippen LogP contribution in [0.5, 0.6) is 0 Å². The Bertz CT molecular complexity index is 905. The molecule has 0 aromatic heterocycles. The second-order valence-electron chi connectivity index (χ2n) is 9.86. The van der Waals surface area contributed by atoms with Gasteiger partial charge in [-0.3, -0.25) is 0 Å². The molecule has 1 atom stereocenters. The van der Waals surface area contributed by atoms with Gasteiger partial charge >= 0.3 is 0 Å². The molecule has 1 saturated heterocycles. The molecule has 0 aliphatic carbocycles. The first-order valence-electron chi connectivity index (χ1n) is 11.5. The highest BCUT2D eigenvalue weighted by Gasteiger charge is 2.41. The summed E-state index contributed by atoms with van der Waals surface area (Å²) in [7, 11) is 0. The van der Waals surface area contributed by atoms with Crippen molar-refractivity contribution in [1.29, 1.82) is 0 Å². The third kappa shape index (κ3) is 5.21. The van der Waals surface area contributed by atoms with Gasteiger partial charge in [-0.25, -0.2) is 4.39 Å². The third-order valence-electron chi connectivity index (χ3n) is 6.53. The molecule has 0 amide bonds. The summed E-state index contributed by atoms with van der Waals surface area (Å²) >= 11 is 0. The Labute approximate surface area is 189 Å². The number of hydrogen-bond donors (Lipinski definition) is 2. The predicted molar refractivity (Wildman–Crippen MR) is 120 cm³/mol. The number of benzene rings is 2. The van der Waals surface area contributed by atoms with Crippen molar-refractivity contribution in [2.24, 2.45) is 5.41 Å². The Hall–Kier alpha value is -1.83. The highest BCUT2D eigenvalue weighted by molar-refractivity contribution is 5.34. The molecule has 2 aliphatic heterocycles. The van der Waals surface area contributed by atoms with Crippen LogP contribution >= 0.6 is 0 Å². The van der Waals surface area contributed by atoms with Gasteiger partial charge in [0.05, 0.1) is 25.9 Å². The summed E-state index contributed by atoms with van der Waals surface area (Å²) < 4.78 is 26.1. The van der Waals surface area contributed by atoms with Gasteiger partial charge in [0.2, 0.25) is 0 Å². The van der Waals surface area contributed by atoms with E-state index in [4.69, 9.17) is 9.47 Å². The molecule has 5 nitrogen and oxygen atoms in total. The van der Waals surface area contributed by atoms with Crippen LogP contribution in [-0.4, -0.2) is 48.0 Å². The van der Waals surface area contributed by atoms with Crippen LogP contribution < -0.4 is 0 Å². The molecule has 2 aromatic rings. The number of nitrogens with zero attached hydrogens (tertiary/aromatic N) is 1. The Morgan fingerprint density at radius 2 is 1.81 bits per heavy atom. The maximum absolute atomic E-state index is 13.5. The summed E-state index contributed by atoms with van der Waals surface area (Å²) in [5.74, 6) is -1.14. The minimum Gasteiger partial charge on any atom is -0.392 e. The number of ether oxygens (including phenoxy) is 2. The van der Waals surface area contributed by atoms with Crippen LogP contribution in [0, 0.1) is 11.2 Å². The molecule has 2 heterocycles. The molecular formula is C26H34FNO4. The number of rotatable bonds is 6. The van der Waals surface area contributed by atoms with E-state index in [1.165, 1.54) is 12.1 Å². The molecule has 1 unspecified atom stereocenters. The summed E-state index contributed by atoms with van der Waals surface area (Å²) in [5.41, 5.74) is 3.72. The van der Waals surface area contributed by atoms with E-state index in [1.54, 1.807) is 12.1 Å². The minimum absolute atomic E-state index is 0.00929. The van der Waals surface area contributed by atoms with Gasteiger partial charge < -0.3 is 24.6 Å². The van der Waals surface area contributed by atoms with Crippen LogP contribution in [0.3, 0.4) is 0 Å². The average Bonchev–Trinajstić information content (AvgIpc) is 2.94. The number of aliphatic hydroxyl groups is 2. The third-order valence-corrected chi connectivity index (χ3v) is 6.53. The number of hydrogen-bond acceptors (Lipinski definition) is 5. The van der Waals surface area contributed by atoms with Crippen molar-refractivity contribution in [2.45, 2.75) is 51.6 Å². The molecule has 2 aliphatic rings. The zero-order chi connectivity index (χ0) is 22.8. The Balaban J connectivity index is 1.41. The van der Waals surface area contributed by atoms with Gasteiger partial charge in [-0.05, 0) is 48.2 Å². The molecule has 1 fully saturated rings. The highest BCUT2D eigenvalue weighted by atomic mass is 19.1. The normalized spacial score (nSPS) is 22.8. The van der Waals surface area contributed by atoms with E-state index in [0.717, 1.165) is 48.2 Å². The summed E-state index contributed by atoms with van der Waals surface area (Å²) in [6, 6.07) is 12.2. The minimum atomic E-state index is -0.868. The molecule has 4 rings (SSSR count). The first kappa shape index (κ1) is 23.3. The van der Waals surface area contributed by atoms with Gasteiger partial charge in [0.1, 0.15) is 5.82 Å². The lowest BCUT2D eigenvalue weighted by molar-refractivity contribution is -0.311. The summed E-state index contributed by atoms with van der Waals surface area (Å²) in [6.45, 7) is 7.61. The Kier molecular flexibility index (Phi) is 6.98. The van der Waals surface area contributed by atoms with E-state index in [2.05, 4.69) is 18.7 Å². The summed E-state index contributed by atoms with van der Waals surface area (Å²) in [4.78, 5) is 2.27. The first-order valence-corrected chi connectivity index (χ1v) is 11.5. The second-order valence-corrected chi connectivity index (χ2v) is 9.86. The summed E-state index contributed by atoms with van der Waals surface area (Å²) in [6.07, 6.45) is 1.77. The van der Waals surface area contributed by atoms with Crippen molar-refractivity contribution >= 4 is 0 Å². The smallest absolute Gasteiger partial charge is 0.194 e. The molecule has 0 radical (unpaired) electrons. The van der Waals surface area contributed by atoms with Gasteiger partial charge in [-0.2, -0.15) is 0 Å². The molecule has 0 spiro atoms. The largest absolute Gasteiger partial charge is 0.392 e. The maximum Gasteiger partial charge on any atom is 0.194 e. The van der Waals surface area contributed by atoms with E-state index in [-0.39, 0.29) is 17.8 Å². The fourth-order valence-electron chi connectivity index (χ4n) is 4.62. The molecule has 0 saturated carbocycles. The zero-order valence-electron chi connectivity index (χ0n) is 19.0. The van der Waals surface area contributed by atoms with Crippen LogP contribution in [0.1, 0.15) is 55.0 Å². The SMILES string of the molecule is CC1(C)COC(CCCN2CCc3cc(CO)ccc3C(O)C2)(c2ccc(F)cc2)OC1. The van der Waals surface area contributed by atoms with Crippen molar-refractivity contribution in [3.05, 3.63) is 70.5 Å². The van der Waals surface area contributed by atoms with Crippen molar-refractivity contribution in [3.63, 3.8) is 0 Å². The van der Waals surface area contributed by atoms with E-state index in [9.17, 15) is 14.6 Å². The number of halogens is 1. The molecule has 6 heteroatoms. The molecule has 2 N–H and O–H groups in total. The molecule has 0 bridgehead atoms. The van der Waals surface area contributed by atoms with Crippen molar-refractivity contribution in [3.8, 4) is 0 Å². The molecule has 174 valence electrons. The Morgan fingerprint density at radius 1 is 1.09 bits per heavy atom. The van der Waals surface area contributed by atoms with Crippen LogP contribution in [0.25, 0.3) is 0 Å². The van der Waals surface area contributed by atoms with Crippen molar-refractivity contribution < 1.29 is 24.1 Å². The quantitative estimate of drug-likeness (QED) is 0.709. The van der Waals surface area contributed by atoms with Gasteiger partial charge in [-0.1, -0.05) is 44.2 Å². The number of aliphatic hydroxyl groups excluding tert-OH is 2. The standard InChI is InChI=1S/C26H34FNO4/c1-25(2)17-31-26(32-18-25,21-5-7-22(27)8-6-21)11-3-12-28-13-10-20-14-19(16-29)4-9-23(20)24(30)15-28/h4-9,14,24,29-30H,3,10-13,15-18H2,1-2H3. The summed E-state index contributed by atoms with van der Waals surface area (Å²) in [5, 5.41) is 20.2. The molecule has 2 aromatic carbocycles. The first-order chi connectivity index (χ1) is 15.3. The fourth-order valence-corrected chi connectivity index (χ4v) is 4.62. The van der Waals surface area contributed by atoms with E-state index in [0.29, 0.717) is 26.2 Å². The predicted octanol–water partition coefficient (Wildman–Crippen LogP) is 3.92. The highest BCUT2D eigenvalue weighted by Crippen LogP contribution is 2.40. The van der Waals surface area contributed by atoms with Gasteiger partial charge in [0, 0.05) is 30.5 Å². The molecule has 32 heavy (non-hydrogen) atoms. The van der Waals surface area contributed by atoms with Crippen molar-refractivity contribution in [1.82, 2.24) is 4.90 Å². The lowest BCUT2D eigenvalue weighted by Gasteiger charge is -2.44. The van der Waals surface area contributed by atoms with Crippen LogP contribution in [0.15, 0.2) is 42.5 Å². The monoisotopic (exact) mass is 443 g/mol. The van der Waals surface area contributed by atoms with Gasteiger partial charge in [-0.15, -0.1) is 0 Å². The van der Waals surface area contributed by atoms with E-state index >= 15 is 0 Å². The van der Waals surface area contributed by atoms with Gasteiger partial charge in [0.25, 0.3) is 0 Å². The Morgan fingerprint density at radius 3 is 2.50 bits per heavy atom. The average molecular weight is 444 g/mol. The van der Waals surface area contributed by atoms with Crippen LogP contribution in [-0.2, 0) is 28.3 Å². The zero-order valence-corrected chi connectivity index (χ0v) is 19.0. The molecular weight excluding hydrogens is 409 g/mol. The van der Waals surface area contributed by atoms with Crippen LogP contribution in [0.2, 0.25) is 0 Å². The lowest BCUT2D eigenvalue weighted by atomic mass is 9.92.